The van der Waals surface area contributed by atoms with Crippen molar-refractivity contribution in [2.24, 2.45) is 5.92 Å². The Morgan fingerprint density at radius 2 is 1.83 bits per heavy atom. The van der Waals surface area contributed by atoms with Gasteiger partial charge in [0.1, 0.15) is 0 Å². The molecule has 0 unspecified atom stereocenters. The molecule has 3 heterocycles. The van der Waals surface area contributed by atoms with Gasteiger partial charge in [-0.3, -0.25) is 19.7 Å². The maximum absolute atomic E-state index is 15.7. The lowest BCUT2D eigenvalue weighted by Crippen LogP contribution is -2.45. The standard InChI is InChI=1S/C30H38FN3O6Si/c1-20-28(41(2,3)31)26(15-17-35)40-30(20)24-18-23(34(38)39)13-14-25(24)33(29(30)37)19-21-9-11-22(12-10-21)32-16-7-5-4-6-8-27(32)36/h9-14,18,20,26,28,35H,4-8,15-17,19H2,1-3H3/t20-,26+,28-,30+/m0/s1. The van der Waals surface area contributed by atoms with Crippen LogP contribution in [0, 0.1) is 16.0 Å². The summed E-state index contributed by atoms with van der Waals surface area (Å²) in [6.45, 7) is 5.57. The number of aliphatic hydroxyl groups excluding tert-OH is 1. The van der Waals surface area contributed by atoms with Gasteiger partial charge < -0.3 is 23.8 Å². The third-order valence-corrected chi connectivity index (χ3v) is 11.4. The molecule has 2 saturated heterocycles. The van der Waals surface area contributed by atoms with Crippen molar-refractivity contribution in [3.05, 3.63) is 63.7 Å². The van der Waals surface area contributed by atoms with E-state index in [1.807, 2.05) is 29.2 Å². The number of non-ortho nitro benzene ring substituents is 1. The SMILES string of the molecule is C[C@H]1[C@H]([Si](C)(C)F)[C@@H](CCO)O[C@]12C(=O)N(Cc1ccc(N3CCCCCCC3=O)cc1)c1ccc([N+](=O)[O-])cc12. The van der Waals surface area contributed by atoms with Crippen molar-refractivity contribution in [2.45, 2.75) is 82.3 Å². The van der Waals surface area contributed by atoms with Crippen LogP contribution < -0.4 is 9.80 Å². The molecule has 220 valence electrons. The minimum absolute atomic E-state index is 0.114. The first-order chi connectivity index (χ1) is 19.5. The Labute approximate surface area is 240 Å². The second-order valence-electron chi connectivity index (χ2n) is 12.0. The number of nitrogens with zero attached hydrogens (tertiary/aromatic N) is 3. The van der Waals surface area contributed by atoms with Crippen molar-refractivity contribution in [2.75, 3.05) is 23.0 Å². The lowest BCUT2D eigenvalue weighted by Gasteiger charge is -2.31. The van der Waals surface area contributed by atoms with Crippen molar-refractivity contribution in [3.63, 3.8) is 0 Å². The molecule has 2 fully saturated rings. The minimum atomic E-state index is -3.37. The Bertz CT molecular complexity index is 1330. The van der Waals surface area contributed by atoms with E-state index in [0.29, 0.717) is 24.2 Å². The van der Waals surface area contributed by atoms with Crippen LogP contribution >= 0.6 is 0 Å². The molecule has 0 aromatic heterocycles. The van der Waals surface area contributed by atoms with Gasteiger partial charge in [-0.15, -0.1) is 0 Å². The van der Waals surface area contributed by atoms with Crippen LogP contribution in [0.3, 0.4) is 0 Å². The maximum Gasteiger partial charge on any atom is 0.269 e. The van der Waals surface area contributed by atoms with Crippen LogP contribution in [0.2, 0.25) is 18.6 Å². The summed E-state index contributed by atoms with van der Waals surface area (Å²) in [4.78, 5) is 41.6. The molecule has 0 bridgehead atoms. The van der Waals surface area contributed by atoms with E-state index < -0.39 is 36.5 Å². The summed E-state index contributed by atoms with van der Waals surface area (Å²) < 4.78 is 22.1. The van der Waals surface area contributed by atoms with Crippen molar-refractivity contribution in [1.29, 1.82) is 0 Å². The van der Waals surface area contributed by atoms with Gasteiger partial charge in [-0.05, 0) is 56.1 Å². The van der Waals surface area contributed by atoms with Gasteiger partial charge in [-0.2, -0.15) is 0 Å². The highest BCUT2D eigenvalue weighted by Crippen LogP contribution is 2.60. The monoisotopic (exact) mass is 583 g/mol. The largest absolute Gasteiger partial charge is 0.396 e. The predicted octanol–water partition coefficient (Wildman–Crippen LogP) is 5.60. The van der Waals surface area contributed by atoms with Gasteiger partial charge in [0.25, 0.3) is 11.6 Å². The third kappa shape index (κ3) is 5.19. The number of carbonyl (C=O) groups excluding carboxylic acids is 2. The molecule has 1 N–H and O–H groups in total. The molecule has 2 aromatic rings. The molecule has 2 aromatic carbocycles. The zero-order valence-corrected chi connectivity index (χ0v) is 24.8. The van der Waals surface area contributed by atoms with Gasteiger partial charge >= 0.3 is 0 Å². The van der Waals surface area contributed by atoms with Crippen molar-refractivity contribution < 1.29 is 28.5 Å². The second-order valence-corrected chi connectivity index (χ2v) is 15.8. The number of nitro groups is 1. The van der Waals surface area contributed by atoms with Crippen molar-refractivity contribution >= 4 is 37.3 Å². The van der Waals surface area contributed by atoms with E-state index in [1.54, 1.807) is 31.0 Å². The number of benzene rings is 2. The number of amides is 2. The zero-order chi connectivity index (χ0) is 29.5. The number of hydrogen-bond donors (Lipinski definition) is 1. The molecule has 0 radical (unpaired) electrons. The highest BCUT2D eigenvalue weighted by molar-refractivity contribution is 6.72. The Morgan fingerprint density at radius 3 is 2.49 bits per heavy atom. The smallest absolute Gasteiger partial charge is 0.269 e. The van der Waals surface area contributed by atoms with Crippen LogP contribution in [-0.4, -0.2) is 49.5 Å². The van der Waals surface area contributed by atoms with Gasteiger partial charge in [0, 0.05) is 54.4 Å². The lowest BCUT2D eigenvalue weighted by molar-refractivity contribution is -0.385. The quantitative estimate of drug-likeness (QED) is 0.197. The van der Waals surface area contributed by atoms with E-state index in [-0.39, 0.29) is 37.1 Å². The Kier molecular flexibility index (Phi) is 8.06. The van der Waals surface area contributed by atoms with Crippen LogP contribution in [0.5, 0.6) is 0 Å². The summed E-state index contributed by atoms with van der Waals surface area (Å²) in [5.41, 5.74) is 0.165. The van der Waals surface area contributed by atoms with E-state index in [9.17, 15) is 24.8 Å². The summed E-state index contributed by atoms with van der Waals surface area (Å²) >= 11 is 0. The highest BCUT2D eigenvalue weighted by atomic mass is 28.4. The average Bonchev–Trinajstić information content (AvgIpc) is 3.34. The van der Waals surface area contributed by atoms with E-state index in [0.717, 1.165) is 36.9 Å². The number of nitro benzene ring substituents is 1. The van der Waals surface area contributed by atoms with Crippen LogP contribution in [0.4, 0.5) is 21.2 Å². The first kappa shape index (κ1) is 29.3. The molecular formula is C30H38FN3O6Si. The van der Waals surface area contributed by atoms with Gasteiger partial charge in [0.2, 0.25) is 14.3 Å². The van der Waals surface area contributed by atoms with Gasteiger partial charge in [0.05, 0.1) is 23.3 Å². The van der Waals surface area contributed by atoms with Crippen LogP contribution in [0.25, 0.3) is 0 Å². The fourth-order valence-electron chi connectivity index (χ4n) is 7.10. The fraction of sp³-hybridized carbons (Fsp3) is 0.533. The van der Waals surface area contributed by atoms with Gasteiger partial charge in [-0.25, -0.2) is 0 Å². The Hall–Kier alpha value is -3.15. The molecule has 41 heavy (non-hydrogen) atoms. The highest BCUT2D eigenvalue weighted by Gasteiger charge is 2.66. The van der Waals surface area contributed by atoms with E-state index in [1.165, 1.54) is 12.1 Å². The van der Waals surface area contributed by atoms with Crippen LogP contribution in [0.1, 0.15) is 56.6 Å². The number of aliphatic hydroxyl groups is 1. The number of halogens is 1. The number of anilines is 2. The molecule has 2 amide bonds. The molecule has 5 rings (SSSR count). The summed E-state index contributed by atoms with van der Waals surface area (Å²) in [6.07, 6.45) is 4.04. The molecule has 3 aliphatic rings. The minimum Gasteiger partial charge on any atom is -0.396 e. The van der Waals surface area contributed by atoms with Gasteiger partial charge in [0.15, 0.2) is 5.60 Å². The molecule has 0 saturated carbocycles. The summed E-state index contributed by atoms with van der Waals surface area (Å²) in [5.74, 6) is -0.861. The lowest BCUT2D eigenvalue weighted by atomic mass is 9.82. The first-order valence-corrected chi connectivity index (χ1v) is 17.4. The molecule has 3 aliphatic heterocycles. The normalized spacial score (nSPS) is 26.8. The van der Waals surface area contributed by atoms with E-state index in [2.05, 4.69) is 0 Å². The number of carbonyl (C=O) groups is 2. The van der Waals surface area contributed by atoms with Crippen molar-refractivity contribution in [3.8, 4) is 0 Å². The number of hydrogen-bond acceptors (Lipinski definition) is 6. The first-order valence-electron chi connectivity index (χ1n) is 14.5. The molecule has 4 atom stereocenters. The molecule has 0 aliphatic carbocycles. The number of fused-ring (bicyclic) bond motifs is 2. The van der Waals surface area contributed by atoms with Gasteiger partial charge in [-0.1, -0.05) is 31.9 Å². The Balaban J connectivity index is 1.50. The topological polar surface area (TPSA) is 113 Å². The summed E-state index contributed by atoms with van der Waals surface area (Å²) in [6, 6.07) is 11.9. The second kappa shape index (κ2) is 11.3. The molecule has 9 nitrogen and oxygen atoms in total. The van der Waals surface area contributed by atoms with Crippen LogP contribution in [-0.2, 0) is 26.5 Å². The van der Waals surface area contributed by atoms with E-state index >= 15 is 4.11 Å². The fourth-order valence-corrected chi connectivity index (χ4v) is 9.64. The average molecular weight is 584 g/mol. The summed E-state index contributed by atoms with van der Waals surface area (Å²) in [7, 11) is -3.37. The molecule has 11 heteroatoms. The van der Waals surface area contributed by atoms with Crippen LogP contribution in [0.15, 0.2) is 42.5 Å². The summed E-state index contributed by atoms with van der Waals surface area (Å²) in [5, 5.41) is 21.4. The zero-order valence-electron chi connectivity index (χ0n) is 23.8. The predicted molar refractivity (Wildman–Crippen MR) is 156 cm³/mol. The number of ether oxygens (including phenoxy) is 1. The maximum atomic E-state index is 15.7. The Morgan fingerprint density at radius 1 is 1.12 bits per heavy atom. The molecular weight excluding hydrogens is 545 g/mol. The van der Waals surface area contributed by atoms with E-state index in [4.69, 9.17) is 4.74 Å². The van der Waals surface area contributed by atoms with Crippen molar-refractivity contribution in [1.82, 2.24) is 0 Å². The number of rotatable bonds is 7. The third-order valence-electron chi connectivity index (χ3n) is 8.98. The molecule has 1 spiro atoms.